The summed E-state index contributed by atoms with van der Waals surface area (Å²) in [4.78, 5) is 0. The number of hydrogen-bond acceptors (Lipinski definition) is 14. The van der Waals surface area contributed by atoms with Crippen LogP contribution in [-0.4, -0.2) is 170 Å². The highest BCUT2D eigenvalue weighted by atomic mass is 15.0. The van der Waals surface area contributed by atoms with Gasteiger partial charge in [0.05, 0.1) is 0 Å². The van der Waals surface area contributed by atoms with Gasteiger partial charge in [-0.05, 0) is 0 Å². The van der Waals surface area contributed by atoms with Crippen molar-refractivity contribution in [3.8, 4) is 0 Å². The predicted octanol–water partition coefficient (Wildman–Crippen LogP) is -6.02. The summed E-state index contributed by atoms with van der Waals surface area (Å²) in [5.74, 6) is 0. The van der Waals surface area contributed by atoms with Crippen LogP contribution in [-0.2, 0) is 0 Å². The maximum atomic E-state index is 5.44. The number of nitrogens with one attached hydrogen (secondary N) is 12. The standard InChI is InChI=1S/C26H68N14/c27-1-3-29-5-7-31-9-11-33-13-15-35-17-19-37-21-23-39-25-26-40-24-22-38-20-18-36-16-14-34-12-10-32-8-6-30-4-2-28/h29-40H,1-28H2. The summed E-state index contributed by atoms with van der Waals surface area (Å²) < 4.78 is 0. The molecule has 0 unspecified atom stereocenters. The van der Waals surface area contributed by atoms with E-state index < -0.39 is 0 Å². The Morgan fingerprint density at radius 2 is 0.275 bits per heavy atom. The van der Waals surface area contributed by atoms with Gasteiger partial charge in [0.2, 0.25) is 0 Å². The zero-order valence-electron chi connectivity index (χ0n) is 25.5. The van der Waals surface area contributed by atoms with Crippen molar-refractivity contribution in [2.75, 3.05) is 170 Å². The SMILES string of the molecule is NCCNCCNCCNCCNCCNCCNCCNCCNCCNCCNCCNCCNCCN. The van der Waals surface area contributed by atoms with Crippen LogP contribution < -0.4 is 75.3 Å². The molecule has 0 heterocycles. The van der Waals surface area contributed by atoms with Gasteiger partial charge in [0, 0.05) is 170 Å². The summed E-state index contributed by atoms with van der Waals surface area (Å²) in [6.45, 7) is 25.1. The van der Waals surface area contributed by atoms with Crippen LogP contribution in [0.4, 0.5) is 0 Å². The van der Waals surface area contributed by atoms with Crippen LogP contribution in [0.3, 0.4) is 0 Å². The smallest absolute Gasteiger partial charge is 0.00772 e. The fraction of sp³-hybridized carbons (Fsp3) is 1.00. The van der Waals surface area contributed by atoms with Crippen molar-refractivity contribution in [1.82, 2.24) is 63.8 Å². The van der Waals surface area contributed by atoms with E-state index in [-0.39, 0.29) is 0 Å². The van der Waals surface area contributed by atoms with Crippen LogP contribution in [0, 0.1) is 0 Å². The van der Waals surface area contributed by atoms with Gasteiger partial charge in [-0.2, -0.15) is 0 Å². The third kappa shape index (κ3) is 37.4. The van der Waals surface area contributed by atoms with E-state index in [1.165, 1.54) is 0 Å². The van der Waals surface area contributed by atoms with Gasteiger partial charge >= 0.3 is 0 Å². The summed E-state index contributed by atoms with van der Waals surface area (Å²) in [6.07, 6.45) is 0. The van der Waals surface area contributed by atoms with Gasteiger partial charge in [0.15, 0.2) is 0 Å². The van der Waals surface area contributed by atoms with E-state index in [9.17, 15) is 0 Å². The molecule has 0 fully saturated rings. The molecule has 14 heteroatoms. The molecular weight excluding hydrogens is 508 g/mol. The molecule has 0 atom stereocenters. The molecule has 16 N–H and O–H groups in total. The van der Waals surface area contributed by atoms with Gasteiger partial charge in [-0.15, -0.1) is 0 Å². The van der Waals surface area contributed by atoms with Crippen molar-refractivity contribution >= 4 is 0 Å². The average molecular weight is 577 g/mol. The van der Waals surface area contributed by atoms with E-state index in [0.717, 1.165) is 157 Å². The molecule has 0 rings (SSSR count). The fourth-order valence-corrected chi connectivity index (χ4v) is 3.65. The van der Waals surface area contributed by atoms with Gasteiger partial charge in [-0.1, -0.05) is 0 Å². The van der Waals surface area contributed by atoms with E-state index in [1.54, 1.807) is 0 Å². The summed E-state index contributed by atoms with van der Waals surface area (Å²) in [5.41, 5.74) is 10.9. The molecule has 242 valence electrons. The molecule has 0 bridgehead atoms. The van der Waals surface area contributed by atoms with Gasteiger partial charge in [-0.25, -0.2) is 0 Å². The van der Waals surface area contributed by atoms with Crippen molar-refractivity contribution < 1.29 is 0 Å². The monoisotopic (exact) mass is 577 g/mol. The maximum absolute atomic E-state index is 5.44. The van der Waals surface area contributed by atoms with Crippen molar-refractivity contribution in [3.63, 3.8) is 0 Å². The summed E-state index contributed by atoms with van der Waals surface area (Å²) in [6, 6.07) is 0. The minimum atomic E-state index is 0.699. The summed E-state index contributed by atoms with van der Waals surface area (Å²) >= 11 is 0. The van der Waals surface area contributed by atoms with E-state index in [4.69, 9.17) is 11.5 Å². The van der Waals surface area contributed by atoms with Gasteiger partial charge < -0.3 is 75.3 Å². The molecule has 0 aromatic heterocycles. The van der Waals surface area contributed by atoms with E-state index in [1.807, 2.05) is 0 Å². The Morgan fingerprint density at radius 3 is 0.375 bits per heavy atom. The highest BCUT2D eigenvalue weighted by Crippen LogP contribution is 1.67. The Kier molecular flexibility index (Phi) is 37.9. The Hall–Kier alpha value is -0.560. The number of rotatable bonds is 37. The molecule has 0 aromatic rings. The second kappa shape index (κ2) is 38.4. The molecular formula is C26H68N14. The lowest BCUT2D eigenvalue weighted by Gasteiger charge is -2.10. The third-order valence-electron chi connectivity index (χ3n) is 5.91. The van der Waals surface area contributed by atoms with E-state index in [0.29, 0.717) is 13.1 Å². The van der Waals surface area contributed by atoms with Crippen LogP contribution in [0.5, 0.6) is 0 Å². The quantitative estimate of drug-likeness (QED) is 0.0312. The van der Waals surface area contributed by atoms with Crippen molar-refractivity contribution in [2.45, 2.75) is 0 Å². The molecule has 0 spiro atoms. The first-order valence-corrected chi connectivity index (χ1v) is 15.8. The first-order chi connectivity index (χ1) is 19.9. The molecule has 0 amide bonds. The van der Waals surface area contributed by atoms with E-state index in [2.05, 4.69) is 63.8 Å². The topological polar surface area (TPSA) is 196 Å². The Labute approximate surface area is 245 Å². The molecule has 14 nitrogen and oxygen atoms in total. The number of nitrogens with two attached hydrogens (primary N) is 2. The molecule has 0 aromatic carbocycles. The zero-order valence-corrected chi connectivity index (χ0v) is 25.5. The highest BCUT2D eigenvalue weighted by molar-refractivity contribution is 4.61. The first kappa shape index (κ1) is 39.4. The van der Waals surface area contributed by atoms with Crippen LogP contribution in [0.15, 0.2) is 0 Å². The molecule has 0 saturated carbocycles. The lowest BCUT2D eigenvalue weighted by Crippen LogP contribution is -2.39. The lowest BCUT2D eigenvalue weighted by atomic mass is 10.5. The second-order valence-electron chi connectivity index (χ2n) is 9.58. The summed E-state index contributed by atoms with van der Waals surface area (Å²) in [7, 11) is 0. The van der Waals surface area contributed by atoms with Gasteiger partial charge in [0.1, 0.15) is 0 Å². The minimum Gasteiger partial charge on any atom is -0.329 e. The Morgan fingerprint density at radius 1 is 0.175 bits per heavy atom. The maximum Gasteiger partial charge on any atom is 0.00772 e. The fourth-order valence-electron chi connectivity index (χ4n) is 3.65. The molecule has 40 heavy (non-hydrogen) atoms. The Balaban J connectivity index is 3.01. The van der Waals surface area contributed by atoms with Crippen LogP contribution in [0.25, 0.3) is 0 Å². The van der Waals surface area contributed by atoms with Crippen LogP contribution in [0.2, 0.25) is 0 Å². The highest BCUT2D eigenvalue weighted by Gasteiger charge is 1.93. The van der Waals surface area contributed by atoms with Crippen LogP contribution in [0.1, 0.15) is 0 Å². The molecule has 0 saturated heterocycles. The van der Waals surface area contributed by atoms with Crippen molar-refractivity contribution in [3.05, 3.63) is 0 Å². The largest absolute Gasteiger partial charge is 0.329 e. The predicted molar refractivity (Wildman–Crippen MR) is 173 cm³/mol. The zero-order chi connectivity index (χ0) is 28.9. The van der Waals surface area contributed by atoms with E-state index >= 15 is 0 Å². The number of hydrogen-bond donors (Lipinski definition) is 14. The Bertz CT molecular complexity index is 398. The minimum absolute atomic E-state index is 0.699. The first-order valence-electron chi connectivity index (χ1n) is 15.8. The third-order valence-corrected chi connectivity index (χ3v) is 5.91. The van der Waals surface area contributed by atoms with Gasteiger partial charge in [0.25, 0.3) is 0 Å². The lowest BCUT2D eigenvalue weighted by molar-refractivity contribution is 0.540. The molecule has 0 aliphatic heterocycles. The second-order valence-corrected chi connectivity index (χ2v) is 9.58. The van der Waals surface area contributed by atoms with Crippen molar-refractivity contribution in [1.29, 1.82) is 0 Å². The van der Waals surface area contributed by atoms with Crippen LogP contribution >= 0.6 is 0 Å². The molecule has 0 radical (unpaired) electrons. The van der Waals surface area contributed by atoms with Crippen molar-refractivity contribution in [2.24, 2.45) is 11.5 Å². The summed E-state index contributed by atoms with van der Waals surface area (Å²) in [5, 5.41) is 41.0. The average Bonchev–Trinajstić information content (AvgIpc) is 2.97. The molecule has 0 aliphatic rings. The molecule has 0 aliphatic carbocycles. The normalized spacial score (nSPS) is 11.6. The van der Waals surface area contributed by atoms with Gasteiger partial charge in [-0.3, -0.25) is 0 Å².